The Morgan fingerprint density at radius 1 is 1.26 bits per heavy atom. The molecule has 0 saturated heterocycles. The number of nitrogens with zero attached hydrogens (tertiary/aromatic N) is 2. The predicted octanol–water partition coefficient (Wildman–Crippen LogP) is 2.19. The summed E-state index contributed by atoms with van der Waals surface area (Å²) in [6.07, 6.45) is 1.94. The molecule has 19 heavy (non-hydrogen) atoms. The van der Waals surface area contributed by atoms with Gasteiger partial charge in [-0.25, -0.2) is 0 Å². The lowest BCUT2D eigenvalue weighted by Gasteiger charge is -2.30. The molecule has 96 valence electrons. The van der Waals surface area contributed by atoms with Crippen LogP contribution < -0.4 is 4.57 Å². The summed E-state index contributed by atoms with van der Waals surface area (Å²) in [4.78, 5) is 13.9. The quantitative estimate of drug-likeness (QED) is 0.731. The van der Waals surface area contributed by atoms with Crippen LogP contribution in [0, 0.1) is 0 Å². The maximum Gasteiger partial charge on any atom is 0.289 e. The Morgan fingerprint density at radius 2 is 2.11 bits per heavy atom. The van der Waals surface area contributed by atoms with Crippen LogP contribution in [0.5, 0.6) is 0 Å². The van der Waals surface area contributed by atoms with Crippen molar-refractivity contribution < 1.29 is 9.36 Å². The highest BCUT2D eigenvalue weighted by molar-refractivity contribution is 6.30. The van der Waals surface area contributed by atoms with Crippen LogP contribution in [0.15, 0.2) is 48.7 Å². The lowest BCUT2D eigenvalue weighted by Crippen LogP contribution is -2.54. The first-order valence-corrected chi connectivity index (χ1v) is 6.54. The standard InChI is InChI=1S/C15H14ClN2O/c1-17-14(19)10-18-8-3-2-7-13(18)15(17)11-5-4-6-12(16)9-11/h2-9,15H,10H2,1H3/q+1. The minimum absolute atomic E-state index is 0.0823. The van der Waals surface area contributed by atoms with Crippen molar-refractivity contribution in [3.05, 3.63) is 64.9 Å². The fourth-order valence-corrected chi connectivity index (χ4v) is 2.75. The second-order valence-corrected chi connectivity index (χ2v) is 5.15. The number of carbonyl (C=O) groups excluding carboxylic acids is 1. The average Bonchev–Trinajstić information content (AvgIpc) is 2.40. The van der Waals surface area contributed by atoms with E-state index < -0.39 is 0 Å². The van der Waals surface area contributed by atoms with Crippen LogP contribution >= 0.6 is 11.6 Å². The van der Waals surface area contributed by atoms with Gasteiger partial charge in [-0.2, -0.15) is 4.57 Å². The number of pyridine rings is 1. The van der Waals surface area contributed by atoms with E-state index in [0.717, 1.165) is 11.3 Å². The smallest absolute Gasteiger partial charge is 0.289 e. The number of rotatable bonds is 1. The van der Waals surface area contributed by atoms with E-state index in [1.807, 2.05) is 54.2 Å². The molecule has 0 spiro atoms. The maximum absolute atomic E-state index is 12.1. The number of aromatic nitrogens is 1. The fourth-order valence-electron chi connectivity index (χ4n) is 2.55. The zero-order valence-electron chi connectivity index (χ0n) is 10.6. The molecule has 0 bridgehead atoms. The molecule has 2 heterocycles. The van der Waals surface area contributed by atoms with Gasteiger partial charge < -0.3 is 4.90 Å². The first-order valence-electron chi connectivity index (χ1n) is 6.16. The van der Waals surface area contributed by atoms with Gasteiger partial charge in [-0.05, 0) is 17.7 Å². The SMILES string of the molecule is CN1C(=O)C[n+]2ccccc2C1c1cccc(Cl)c1. The lowest BCUT2D eigenvalue weighted by atomic mass is 9.99. The number of hydrogen-bond donors (Lipinski definition) is 0. The summed E-state index contributed by atoms with van der Waals surface area (Å²) in [5.74, 6) is 0.105. The van der Waals surface area contributed by atoms with Gasteiger partial charge in [0.05, 0.1) is 0 Å². The van der Waals surface area contributed by atoms with Crippen molar-refractivity contribution in [1.29, 1.82) is 0 Å². The Bertz CT molecular complexity index is 642. The largest absolute Gasteiger partial charge is 0.323 e. The van der Waals surface area contributed by atoms with Gasteiger partial charge in [0, 0.05) is 24.2 Å². The van der Waals surface area contributed by atoms with Crippen LogP contribution in [0.4, 0.5) is 0 Å². The zero-order chi connectivity index (χ0) is 13.4. The summed E-state index contributed by atoms with van der Waals surface area (Å²) in [7, 11) is 1.84. The van der Waals surface area contributed by atoms with Crippen molar-refractivity contribution in [1.82, 2.24) is 4.90 Å². The molecule has 4 heteroatoms. The summed E-state index contributed by atoms with van der Waals surface area (Å²) in [6.45, 7) is 0.393. The van der Waals surface area contributed by atoms with Crippen molar-refractivity contribution in [2.45, 2.75) is 12.6 Å². The van der Waals surface area contributed by atoms with Crippen molar-refractivity contribution in [3.8, 4) is 0 Å². The Hall–Kier alpha value is -1.87. The lowest BCUT2D eigenvalue weighted by molar-refractivity contribution is -0.699. The van der Waals surface area contributed by atoms with Crippen LogP contribution in [0.2, 0.25) is 5.02 Å². The van der Waals surface area contributed by atoms with E-state index in [2.05, 4.69) is 6.07 Å². The van der Waals surface area contributed by atoms with Gasteiger partial charge in [-0.1, -0.05) is 29.8 Å². The predicted molar refractivity (Wildman–Crippen MR) is 72.7 cm³/mol. The molecule has 0 N–H and O–H groups in total. The molecule has 1 amide bonds. The third-order valence-corrected chi connectivity index (χ3v) is 3.74. The molecule has 1 atom stereocenters. The third kappa shape index (κ3) is 2.10. The van der Waals surface area contributed by atoms with E-state index in [1.165, 1.54) is 0 Å². The van der Waals surface area contributed by atoms with E-state index >= 15 is 0 Å². The van der Waals surface area contributed by atoms with E-state index in [-0.39, 0.29) is 11.9 Å². The molecule has 0 aliphatic carbocycles. The first kappa shape index (κ1) is 12.2. The van der Waals surface area contributed by atoms with Gasteiger partial charge in [0.2, 0.25) is 12.2 Å². The monoisotopic (exact) mass is 273 g/mol. The summed E-state index contributed by atoms with van der Waals surface area (Å²) in [5.41, 5.74) is 2.13. The Morgan fingerprint density at radius 3 is 2.89 bits per heavy atom. The summed E-state index contributed by atoms with van der Waals surface area (Å²) >= 11 is 6.07. The molecular weight excluding hydrogens is 260 g/mol. The van der Waals surface area contributed by atoms with Crippen molar-refractivity contribution in [3.63, 3.8) is 0 Å². The van der Waals surface area contributed by atoms with Gasteiger partial charge in [-0.15, -0.1) is 0 Å². The second kappa shape index (κ2) is 4.67. The molecule has 1 aliphatic rings. The van der Waals surface area contributed by atoms with Crippen LogP contribution in [0.1, 0.15) is 17.3 Å². The van der Waals surface area contributed by atoms with Crippen molar-refractivity contribution in [2.24, 2.45) is 0 Å². The van der Waals surface area contributed by atoms with E-state index in [1.54, 1.807) is 4.90 Å². The number of amides is 1. The molecule has 1 aromatic carbocycles. The highest BCUT2D eigenvalue weighted by Crippen LogP contribution is 2.29. The van der Waals surface area contributed by atoms with E-state index in [9.17, 15) is 4.79 Å². The second-order valence-electron chi connectivity index (χ2n) is 4.72. The summed E-state index contributed by atoms with van der Waals surface area (Å²) < 4.78 is 1.99. The number of carbonyl (C=O) groups is 1. The third-order valence-electron chi connectivity index (χ3n) is 3.51. The molecule has 0 saturated carbocycles. The van der Waals surface area contributed by atoms with Crippen LogP contribution in [-0.2, 0) is 11.3 Å². The number of benzene rings is 1. The number of likely N-dealkylation sites (N-methyl/N-ethyl adjacent to an activating group) is 1. The zero-order valence-corrected chi connectivity index (χ0v) is 11.3. The van der Waals surface area contributed by atoms with E-state index in [0.29, 0.717) is 11.6 Å². The van der Waals surface area contributed by atoms with Crippen LogP contribution in [0.25, 0.3) is 0 Å². The summed E-state index contributed by atoms with van der Waals surface area (Å²) in [5, 5.41) is 0.686. The Kier molecular flexibility index (Phi) is 2.99. The van der Waals surface area contributed by atoms with Gasteiger partial charge in [0.1, 0.15) is 6.04 Å². The molecule has 3 nitrogen and oxygen atoms in total. The van der Waals surface area contributed by atoms with E-state index in [4.69, 9.17) is 11.6 Å². The molecule has 1 unspecified atom stereocenters. The van der Waals surface area contributed by atoms with Crippen molar-refractivity contribution in [2.75, 3.05) is 7.05 Å². The first-order chi connectivity index (χ1) is 9.16. The molecule has 1 aliphatic heterocycles. The maximum atomic E-state index is 12.1. The average molecular weight is 274 g/mol. The molecular formula is C15H14ClN2O+. The number of fused-ring (bicyclic) bond motifs is 1. The van der Waals surface area contributed by atoms with Crippen LogP contribution in [0.3, 0.4) is 0 Å². The topological polar surface area (TPSA) is 24.2 Å². The Labute approximate surface area is 117 Å². The van der Waals surface area contributed by atoms with Crippen LogP contribution in [-0.4, -0.2) is 17.9 Å². The fraction of sp³-hybridized carbons (Fsp3) is 0.200. The number of halogens is 1. The summed E-state index contributed by atoms with van der Waals surface area (Å²) in [6, 6.07) is 13.6. The normalized spacial score (nSPS) is 18.3. The highest BCUT2D eigenvalue weighted by Gasteiger charge is 2.36. The molecule has 1 aromatic heterocycles. The Balaban J connectivity index is 2.16. The van der Waals surface area contributed by atoms with Crippen molar-refractivity contribution >= 4 is 17.5 Å². The highest BCUT2D eigenvalue weighted by atomic mass is 35.5. The number of hydrogen-bond acceptors (Lipinski definition) is 1. The van der Waals surface area contributed by atoms with Gasteiger partial charge in [0.25, 0.3) is 5.91 Å². The molecule has 3 rings (SSSR count). The van der Waals surface area contributed by atoms with Gasteiger partial charge >= 0.3 is 0 Å². The minimum Gasteiger partial charge on any atom is -0.323 e. The minimum atomic E-state index is -0.0823. The van der Waals surface area contributed by atoms with Gasteiger partial charge in [-0.3, -0.25) is 4.79 Å². The molecule has 2 aromatic rings. The molecule has 0 fully saturated rings. The van der Waals surface area contributed by atoms with Gasteiger partial charge in [0.15, 0.2) is 6.20 Å². The molecule has 0 radical (unpaired) electrons.